The number of benzene rings is 1. The zero-order valence-corrected chi connectivity index (χ0v) is 15.9. The lowest BCUT2D eigenvalue weighted by molar-refractivity contribution is 0.198. The Balaban J connectivity index is 1.39. The molecule has 1 saturated heterocycles. The zero-order valence-electron chi connectivity index (χ0n) is 15.9. The third-order valence-electron chi connectivity index (χ3n) is 5.05. The van der Waals surface area contributed by atoms with Crippen LogP contribution in [0.1, 0.15) is 29.7 Å². The van der Waals surface area contributed by atoms with Crippen molar-refractivity contribution in [3.8, 4) is 0 Å². The number of likely N-dealkylation sites (tertiary alicyclic amines) is 1. The van der Waals surface area contributed by atoms with Gasteiger partial charge in [0.05, 0.1) is 6.26 Å². The summed E-state index contributed by atoms with van der Waals surface area (Å²) in [5, 5.41) is 6.94. The van der Waals surface area contributed by atoms with E-state index in [4.69, 9.17) is 4.42 Å². The van der Waals surface area contributed by atoms with E-state index in [1.807, 2.05) is 19.2 Å². The van der Waals surface area contributed by atoms with Crippen LogP contribution in [-0.2, 0) is 13.0 Å². The highest BCUT2D eigenvalue weighted by atomic mass is 16.3. The van der Waals surface area contributed by atoms with E-state index in [0.29, 0.717) is 6.04 Å². The molecule has 1 aromatic carbocycles. The lowest BCUT2D eigenvalue weighted by atomic mass is 10.0. The van der Waals surface area contributed by atoms with E-state index in [1.54, 1.807) is 6.26 Å². The number of piperidine rings is 1. The first-order chi connectivity index (χ1) is 12.7. The smallest absolute Gasteiger partial charge is 0.191 e. The van der Waals surface area contributed by atoms with Gasteiger partial charge in [0, 0.05) is 45.7 Å². The second-order valence-corrected chi connectivity index (χ2v) is 6.95. The zero-order chi connectivity index (χ0) is 18.2. The van der Waals surface area contributed by atoms with Crippen molar-refractivity contribution in [1.82, 2.24) is 15.5 Å². The molecule has 0 aliphatic carbocycles. The van der Waals surface area contributed by atoms with Crippen LogP contribution >= 0.6 is 0 Å². The Kier molecular flexibility index (Phi) is 6.72. The van der Waals surface area contributed by atoms with Crippen molar-refractivity contribution < 1.29 is 4.42 Å². The Labute approximate surface area is 156 Å². The summed E-state index contributed by atoms with van der Waals surface area (Å²) in [5.41, 5.74) is 2.82. The Morgan fingerprint density at radius 2 is 2.00 bits per heavy atom. The Morgan fingerprint density at radius 1 is 1.19 bits per heavy atom. The van der Waals surface area contributed by atoms with Crippen LogP contribution in [0.2, 0.25) is 0 Å². The molecule has 0 radical (unpaired) electrons. The van der Waals surface area contributed by atoms with Crippen molar-refractivity contribution in [2.75, 3.05) is 26.7 Å². The van der Waals surface area contributed by atoms with Crippen molar-refractivity contribution in [3.63, 3.8) is 0 Å². The third kappa shape index (κ3) is 5.36. The number of hydrogen-bond donors (Lipinski definition) is 2. The third-order valence-corrected chi connectivity index (χ3v) is 5.05. The van der Waals surface area contributed by atoms with Gasteiger partial charge in [-0.25, -0.2) is 0 Å². The molecule has 0 spiro atoms. The molecular weight excluding hydrogens is 324 g/mol. The highest BCUT2D eigenvalue weighted by Crippen LogP contribution is 2.16. The van der Waals surface area contributed by atoms with E-state index < -0.39 is 0 Å². The fourth-order valence-corrected chi connectivity index (χ4v) is 3.41. The Morgan fingerprint density at radius 3 is 2.69 bits per heavy atom. The van der Waals surface area contributed by atoms with Crippen LogP contribution in [0.15, 0.2) is 52.1 Å². The predicted octanol–water partition coefficient (Wildman–Crippen LogP) is 2.96. The van der Waals surface area contributed by atoms with E-state index in [0.717, 1.165) is 57.2 Å². The van der Waals surface area contributed by atoms with Crippen molar-refractivity contribution in [2.24, 2.45) is 4.99 Å². The molecule has 1 fully saturated rings. The van der Waals surface area contributed by atoms with Gasteiger partial charge < -0.3 is 15.1 Å². The van der Waals surface area contributed by atoms with E-state index in [9.17, 15) is 0 Å². The fraction of sp³-hybridized carbons (Fsp3) is 0.476. The molecule has 0 saturated carbocycles. The summed E-state index contributed by atoms with van der Waals surface area (Å²) < 4.78 is 5.36. The van der Waals surface area contributed by atoms with Gasteiger partial charge in [-0.05, 0) is 43.0 Å². The SMILES string of the molecule is CN=C(NCCc1ccco1)NC1CCN(Cc2ccccc2C)CC1. The van der Waals surface area contributed by atoms with Gasteiger partial charge in [-0.15, -0.1) is 0 Å². The molecule has 3 rings (SSSR count). The number of furan rings is 1. The number of nitrogens with zero attached hydrogens (tertiary/aromatic N) is 2. The van der Waals surface area contributed by atoms with Crippen LogP contribution in [0.4, 0.5) is 0 Å². The van der Waals surface area contributed by atoms with Crippen LogP contribution in [0, 0.1) is 6.92 Å². The summed E-state index contributed by atoms with van der Waals surface area (Å²) >= 11 is 0. The number of rotatable bonds is 6. The minimum Gasteiger partial charge on any atom is -0.469 e. The van der Waals surface area contributed by atoms with Crippen LogP contribution in [0.25, 0.3) is 0 Å². The molecular formula is C21H30N4O. The second-order valence-electron chi connectivity index (χ2n) is 6.95. The van der Waals surface area contributed by atoms with Crippen molar-refractivity contribution in [2.45, 2.75) is 38.8 Å². The van der Waals surface area contributed by atoms with Gasteiger partial charge in [-0.2, -0.15) is 0 Å². The summed E-state index contributed by atoms with van der Waals surface area (Å²) in [4.78, 5) is 6.90. The predicted molar refractivity (Wildman–Crippen MR) is 106 cm³/mol. The van der Waals surface area contributed by atoms with Gasteiger partial charge in [0.2, 0.25) is 0 Å². The van der Waals surface area contributed by atoms with E-state index in [1.165, 1.54) is 11.1 Å². The molecule has 5 heteroatoms. The first-order valence-electron chi connectivity index (χ1n) is 9.51. The van der Waals surface area contributed by atoms with E-state index in [-0.39, 0.29) is 0 Å². The first kappa shape index (κ1) is 18.5. The number of aryl methyl sites for hydroxylation is 1. The molecule has 140 valence electrons. The number of guanidine groups is 1. The monoisotopic (exact) mass is 354 g/mol. The molecule has 2 heterocycles. The maximum atomic E-state index is 5.36. The lowest BCUT2D eigenvalue weighted by Crippen LogP contribution is -2.48. The maximum Gasteiger partial charge on any atom is 0.191 e. The van der Waals surface area contributed by atoms with Gasteiger partial charge in [-0.3, -0.25) is 9.89 Å². The summed E-state index contributed by atoms with van der Waals surface area (Å²) in [6, 6.07) is 13.1. The van der Waals surface area contributed by atoms with Crippen molar-refractivity contribution >= 4 is 5.96 Å². The average Bonchev–Trinajstić information content (AvgIpc) is 3.18. The molecule has 1 aliphatic heterocycles. The summed E-state index contributed by atoms with van der Waals surface area (Å²) in [6.07, 6.45) is 4.87. The molecule has 26 heavy (non-hydrogen) atoms. The minimum absolute atomic E-state index is 0.484. The van der Waals surface area contributed by atoms with Crippen molar-refractivity contribution in [3.05, 3.63) is 59.5 Å². The van der Waals surface area contributed by atoms with Gasteiger partial charge >= 0.3 is 0 Å². The van der Waals surface area contributed by atoms with Gasteiger partial charge in [0.15, 0.2) is 5.96 Å². The summed E-state index contributed by atoms with van der Waals surface area (Å²) in [7, 11) is 1.83. The van der Waals surface area contributed by atoms with Gasteiger partial charge in [-0.1, -0.05) is 24.3 Å². The molecule has 1 aliphatic rings. The molecule has 2 aromatic rings. The van der Waals surface area contributed by atoms with Crippen molar-refractivity contribution in [1.29, 1.82) is 0 Å². The van der Waals surface area contributed by atoms with Crippen LogP contribution in [0.3, 0.4) is 0 Å². The number of nitrogens with one attached hydrogen (secondary N) is 2. The fourth-order valence-electron chi connectivity index (χ4n) is 3.41. The van der Waals surface area contributed by atoms with Crippen LogP contribution in [-0.4, -0.2) is 43.6 Å². The molecule has 0 unspecified atom stereocenters. The lowest BCUT2D eigenvalue weighted by Gasteiger charge is -2.33. The first-order valence-corrected chi connectivity index (χ1v) is 9.51. The maximum absolute atomic E-state index is 5.36. The molecule has 0 atom stereocenters. The van der Waals surface area contributed by atoms with E-state index >= 15 is 0 Å². The number of hydrogen-bond acceptors (Lipinski definition) is 3. The number of aliphatic imine (C=N–C) groups is 1. The van der Waals surface area contributed by atoms with Gasteiger partial charge in [0.25, 0.3) is 0 Å². The minimum atomic E-state index is 0.484. The van der Waals surface area contributed by atoms with Crippen LogP contribution < -0.4 is 10.6 Å². The average molecular weight is 354 g/mol. The Bertz CT molecular complexity index is 688. The van der Waals surface area contributed by atoms with Crippen LogP contribution in [0.5, 0.6) is 0 Å². The Hall–Kier alpha value is -2.27. The molecule has 0 amide bonds. The molecule has 5 nitrogen and oxygen atoms in total. The molecule has 2 N–H and O–H groups in total. The molecule has 0 bridgehead atoms. The largest absolute Gasteiger partial charge is 0.469 e. The van der Waals surface area contributed by atoms with Gasteiger partial charge in [0.1, 0.15) is 5.76 Å². The van der Waals surface area contributed by atoms with E-state index in [2.05, 4.69) is 51.7 Å². The quantitative estimate of drug-likeness (QED) is 0.619. The summed E-state index contributed by atoms with van der Waals surface area (Å²) in [5.74, 6) is 1.88. The molecule has 1 aromatic heterocycles. The highest BCUT2D eigenvalue weighted by Gasteiger charge is 2.20. The normalized spacial score (nSPS) is 16.6. The topological polar surface area (TPSA) is 52.8 Å². The summed E-state index contributed by atoms with van der Waals surface area (Å²) in [6.45, 7) is 6.31. The standard InChI is InChI=1S/C21H30N4O/c1-17-6-3-4-7-18(17)16-25-13-10-19(11-14-25)24-21(22-2)23-12-9-20-8-5-15-26-20/h3-8,15,19H,9-14,16H2,1-2H3,(H2,22,23,24). The second kappa shape index (κ2) is 9.43. The highest BCUT2D eigenvalue weighted by molar-refractivity contribution is 5.79.